The zero-order chi connectivity index (χ0) is 21.8. The second-order valence-corrected chi connectivity index (χ2v) is 9.37. The predicted octanol–water partition coefficient (Wildman–Crippen LogP) is 6.73. The van der Waals surface area contributed by atoms with Crippen molar-refractivity contribution in [2.45, 2.75) is 30.1 Å². The number of benzene rings is 3. The van der Waals surface area contributed by atoms with Crippen LogP contribution in [0.4, 0.5) is 0 Å². The number of Topliss-reactive ketones (excluding diaryl/α,β-unsaturated/α-hetero) is 1. The molecule has 2 atom stereocenters. The minimum atomic E-state index is -1.12. The summed E-state index contributed by atoms with van der Waals surface area (Å²) in [5.41, 5.74) is 1.21. The SMILES string of the molecule is O=C1C[C@H](c2cccc(Cl)c2)C2(C(=O)Oc3ccc(Cl)cc32)[C@@H](c2cccc(Cl)c2)C1. The summed E-state index contributed by atoms with van der Waals surface area (Å²) in [4.78, 5) is 26.7. The molecule has 3 aromatic rings. The van der Waals surface area contributed by atoms with Crippen LogP contribution >= 0.6 is 34.8 Å². The van der Waals surface area contributed by atoms with Crippen molar-refractivity contribution >= 4 is 46.6 Å². The van der Waals surface area contributed by atoms with Crippen molar-refractivity contribution in [3.05, 3.63) is 98.5 Å². The Morgan fingerprint density at radius 1 is 0.742 bits per heavy atom. The molecule has 1 saturated carbocycles. The van der Waals surface area contributed by atoms with Gasteiger partial charge in [-0.3, -0.25) is 9.59 Å². The quantitative estimate of drug-likeness (QED) is 0.307. The monoisotopic (exact) mass is 470 g/mol. The second kappa shape index (κ2) is 7.67. The smallest absolute Gasteiger partial charge is 0.323 e. The zero-order valence-corrected chi connectivity index (χ0v) is 18.5. The molecule has 156 valence electrons. The highest BCUT2D eigenvalue weighted by molar-refractivity contribution is 6.31. The lowest BCUT2D eigenvalue weighted by atomic mass is 9.54. The fourth-order valence-corrected chi connectivity index (χ4v) is 5.75. The van der Waals surface area contributed by atoms with Gasteiger partial charge in [0.2, 0.25) is 0 Å². The third-order valence-corrected chi connectivity index (χ3v) is 7.10. The second-order valence-electron chi connectivity index (χ2n) is 8.06. The highest BCUT2D eigenvalue weighted by Crippen LogP contribution is 2.61. The summed E-state index contributed by atoms with van der Waals surface area (Å²) in [5, 5.41) is 1.59. The average Bonchev–Trinajstić information content (AvgIpc) is 3.01. The van der Waals surface area contributed by atoms with Crippen LogP contribution in [0.1, 0.15) is 41.4 Å². The van der Waals surface area contributed by atoms with Crippen LogP contribution in [0, 0.1) is 0 Å². The third kappa shape index (κ3) is 3.27. The summed E-state index contributed by atoms with van der Waals surface area (Å²) in [6, 6.07) is 19.8. The van der Waals surface area contributed by atoms with Gasteiger partial charge in [-0.15, -0.1) is 0 Å². The third-order valence-electron chi connectivity index (χ3n) is 6.39. The van der Waals surface area contributed by atoms with Crippen LogP contribution in [0.5, 0.6) is 5.75 Å². The number of rotatable bonds is 2. The molecule has 3 nitrogen and oxygen atoms in total. The van der Waals surface area contributed by atoms with Crippen molar-refractivity contribution in [3.63, 3.8) is 0 Å². The highest BCUT2D eigenvalue weighted by Gasteiger charge is 2.62. The maximum atomic E-state index is 13.7. The van der Waals surface area contributed by atoms with Crippen LogP contribution in [0.15, 0.2) is 66.7 Å². The Hall–Kier alpha value is -2.33. The molecule has 0 radical (unpaired) electrons. The fraction of sp³-hybridized carbons (Fsp3) is 0.200. The van der Waals surface area contributed by atoms with Crippen molar-refractivity contribution in [2.75, 3.05) is 0 Å². The van der Waals surface area contributed by atoms with Crippen LogP contribution in [-0.4, -0.2) is 11.8 Å². The summed E-state index contributed by atoms with van der Waals surface area (Å²) in [6.07, 6.45) is 0.414. The minimum absolute atomic E-state index is 0.0730. The normalized spacial score (nSPS) is 21.8. The molecule has 1 aliphatic heterocycles. The Labute approximate surface area is 194 Å². The number of fused-ring (bicyclic) bond motifs is 2. The molecular weight excluding hydrogens is 455 g/mol. The lowest BCUT2D eigenvalue weighted by Gasteiger charge is -2.45. The number of esters is 1. The molecule has 0 aromatic heterocycles. The Morgan fingerprint density at radius 2 is 1.29 bits per heavy atom. The van der Waals surface area contributed by atoms with E-state index >= 15 is 0 Å². The molecule has 1 spiro atoms. The fourth-order valence-electron chi connectivity index (χ4n) is 5.18. The van der Waals surface area contributed by atoms with E-state index in [1.165, 1.54) is 0 Å². The number of halogens is 3. The molecule has 1 heterocycles. The molecule has 2 aliphatic rings. The summed E-state index contributed by atoms with van der Waals surface area (Å²) in [7, 11) is 0. The van der Waals surface area contributed by atoms with Crippen LogP contribution in [0.2, 0.25) is 15.1 Å². The van der Waals surface area contributed by atoms with E-state index in [-0.39, 0.29) is 24.6 Å². The minimum Gasteiger partial charge on any atom is -0.425 e. The van der Waals surface area contributed by atoms with Gasteiger partial charge in [-0.05, 0) is 53.6 Å². The summed E-state index contributed by atoms with van der Waals surface area (Å²) in [6.45, 7) is 0. The Morgan fingerprint density at radius 3 is 1.84 bits per heavy atom. The van der Waals surface area contributed by atoms with E-state index in [1.807, 2.05) is 36.4 Å². The first kappa shape index (κ1) is 20.6. The summed E-state index contributed by atoms with van der Waals surface area (Å²) < 4.78 is 5.78. The van der Waals surface area contributed by atoms with Crippen molar-refractivity contribution in [1.82, 2.24) is 0 Å². The van der Waals surface area contributed by atoms with Crippen LogP contribution in [0.25, 0.3) is 0 Å². The van der Waals surface area contributed by atoms with Gasteiger partial charge in [0.1, 0.15) is 16.9 Å². The highest BCUT2D eigenvalue weighted by atomic mass is 35.5. The first-order valence-electron chi connectivity index (χ1n) is 9.94. The first-order valence-corrected chi connectivity index (χ1v) is 11.1. The van der Waals surface area contributed by atoms with E-state index in [2.05, 4.69) is 0 Å². The molecular formula is C25H17Cl3O3. The average molecular weight is 472 g/mol. The van der Waals surface area contributed by atoms with Crippen molar-refractivity contribution in [3.8, 4) is 5.75 Å². The number of hydrogen-bond donors (Lipinski definition) is 0. The first-order chi connectivity index (χ1) is 14.9. The molecule has 31 heavy (non-hydrogen) atoms. The zero-order valence-electron chi connectivity index (χ0n) is 16.3. The van der Waals surface area contributed by atoms with E-state index in [0.717, 1.165) is 11.1 Å². The van der Waals surface area contributed by atoms with E-state index in [9.17, 15) is 9.59 Å². The van der Waals surface area contributed by atoms with Crippen LogP contribution < -0.4 is 4.74 Å². The maximum absolute atomic E-state index is 13.7. The molecule has 0 saturated heterocycles. The number of ketones is 1. The van der Waals surface area contributed by atoms with E-state index in [4.69, 9.17) is 39.5 Å². The summed E-state index contributed by atoms with van der Waals surface area (Å²) in [5.74, 6) is -0.744. The van der Waals surface area contributed by atoms with Gasteiger partial charge in [-0.25, -0.2) is 0 Å². The number of hydrogen-bond acceptors (Lipinski definition) is 3. The molecule has 1 fully saturated rings. The van der Waals surface area contributed by atoms with Gasteiger partial charge in [-0.1, -0.05) is 59.1 Å². The molecule has 0 unspecified atom stereocenters. The maximum Gasteiger partial charge on any atom is 0.323 e. The van der Waals surface area contributed by atoms with Crippen molar-refractivity contribution < 1.29 is 14.3 Å². The van der Waals surface area contributed by atoms with Gasteiger partial charge in [0.15, 0.2) is 0 Å². The van der Waals surface area contributed by atoms with Gasteiger partial charge in [0.05, 0.1) is 0 Å². The molecule has 5 rings (SSSR count). The molecule has 3 aromatic carbocycles. The van der Waals surface area contributed by atoms with Gasteiger partial charge >= 0.3 is 5.97 Å². The standard InChI is InChI=1S/C25H17Cl3O3/c26-16-5-1-3-14(9-16)20-12-19(29)13-21(15-4-2-6-17(27)10-15)25(20)22-11-18(28)7-8-23(22)31-24(25)30/h1-11,20-21H,12-13H2/t20-,21-/m1/s1. The molecule has 6 heteroatoms. The predicted molar refractivity (Wildman–Crippen MR) is 121 cm³/mol. The van der Waals surface area contributed by atoms with E-state index in [1.54, 1.807) is 30.3 Å². The van der Waals surface area contributed by atoms with Gasteiger partial charge < -0.3 is 4.74 Å². The lowest BCUT2D eigenvalue weighted by molar-refractivity contribution is -0.142. The van der Waals surface area contributed by atoms with Crippen LogP contribution in [0.3, 0.4) is 0 Å². The number of carbonyl (C=O) groups excluding carboxylic acids is 2. The lowest BCUT2D eigenvalue weighted by Crippen LogP contribution is -2.49. The van der Waals surface area contributed by atoms with Gasteiger partial charge in [0.25, 0.3) is 0 Å². The largest absolute Gasteiger partial charge is 0.425 e. The Bertz CT molecular complexity index is 1160. The van der Waals surface area contributed by atoms with E-state index in [0.29, 0.717) is 26.4 Å². The molecule has 0 N–H and O–H groups in total. The van der Waals surface area contributed by atoms with Crippen LogP contribution in [-0.2, 0) is 15.0 Å². The number of ether oxygens (including phenoxy) is 1. The topological polar surface area (TPSA) is 43.4 Å². The van der Waals surface area contributed by atoms with Gasteiger partial charge in [0, 0.05) is 45.3 Å². The van der Waals surface area contributed by atoms with E-state index < -0.39 is 17.3 Å². The van der Waals surface area contributed by atoms with Crippen molar-refractivity contribution in [1.29, 1.82) is 0 Å². The molecule has 0 amide bonds. The molecule has 0 bridgehead atoms. The molecule has 1 aliphatic carbocycles. The Kier molecular flexibility index (Phi) is 5.09. The van der Waals surface area contributed by atoms with Crippen molar-refractivity contribution in [2.24, 2.45) is 0 Å². The summed E-state index contributed by atoms with van der Waals surface area (Å²) >= 11 is 18.9. The Balaban J connectivity index is 1.82. The number of carbonyl (C=O) groups is 2. The van der Waals surface area contributed by atoms with Gasteiger partial charge in [-0.2, -0.15) is 0 Å².